The van der Waals surface area contributed by atoms with Crippen LogP contribution in [-0.2, 0) is 16.1 Å². The number of hydrogen-bond acceptors (Lipinski definition) is 5. The van der Waals surface area contributed by atoms with Gasteiger partial charge in [0.15, 0.2) is 0 Å². The molecule has 4 aliphatic carbocycles. The van der Waals surface area contributed by atoms with Gasteiger partial charge >= 0.3 is 0 Å². The van der Waals surface area contributed by atoms with Gasteiger partial charge < -0.3 is 14.5 Å². The summed E-state index contributed by atoms with van der Waals surface area (Å²) >= 11 is 0. The van der Waals surface area contributed by atoms with Crippen molar-refractivity contribution in [2.45, 2.75) is 97.6 Å². The topological polar surface area (TPSA) is 63.5 Å². The number of carbonyl (C=O) groups is 1. The second-order valence-electron chi connectivity index (χ2n) is 14.8. The van der Waals surface area contributed by atoms with Gasteiger partial charge in [0.25, 0.3) is 0 Å². The number of nitrogens with zero attached hydrogens (tertiary/aromatic N) is 5. The van der Waals surface area contributed by atoms with E-state index in [1.807, 2.05) is 4.90 Å². The highest BCUT2D eigenvalue weighted by atomic mass is 16.5. The number of amides is 1. The number of aromatic nitrogens is 3. The van der Waals surface area contributed by atoms with E-state index in [0.717, 1.165) is 61.8 Å². The highest BCUT2D eigenvalue weighted by molar-refractivity contribution is 5.76. The van der Waals surface area contributed by atoms with Crippen LogP contribution in [0.1, 0.15) is 96.7 Å². The molecule has 1 aromatic rings. The molecule has 40 heavy (non-hydrogen) atoms. The van der Waals surface area contributed by atoms with Gasteiger partial charge in [-0.05, 0) is 112 Å². The van der Waals surface area contributed by atoms with E-state index < -0.39 is 0 Å². The van der Waals surface area contributed by atoms with Crippen LogP contribution in [0.2, 0.25) is 0 Å². The molecule has 4 fully saturated rings. The standard InChI is InChI=1S/C33H53N5O2/c1-23(6-11-31(39)37-16-18-40-19-17-37)28-9-10-29-27-8-7-24-20-26(38-22-25(34-35-38)21-36(4)5)12-14-32(24,2)30(27)13-15-33(28,29)3/h7,22-23,26-30H,6,8-21H2,1-5H3/t23-,26-,27+,28-,29+,30+,32+,33-/m1/s1. The van der Waals surface area contributed by atoms with Gasteiger partial charge in [-0.25, -0.2) is 4.68 Å². The van der Waals surface area contributed by atoms with Crippen LogP contribution in [0.3, 0.4) is 0 Å². The first-order valence-electron chi connectivity index (χ1n) is 16.3. The van der Waals surface area contributed by atoms with E-state index in [9.17, 15) is 4.79 Å². The van der Waals surface area contributed by atoms with Gasteiger partial charge in [0.1, 0.15) is 0 Å². The van der Waals surface area contributed by atoms with E-state index >= 15 is 0 Å². The molecule has 222 valence electrons. The lowest BCUT2D eigenvalue weighted by Gasteiger charge is -2.58. The SMILES string of the molecule is C[C@H](CCC(=O)N1CCOCC1)[C@H]1CC[C@H]2[C@@H]3CC=C4C[C@H](n5cc(CN(C)C)nn5)CC[C@]4(C)[C@H]3CC[C@]12C. The van der Waals surface area contributed by atoms with E-state index in [2.05, 4.69) is 67.0 Å². The fraction of sp³-hybridized carbons (Fsp3) is 0.848. The Kier molecular flexibility index (Phi) is 7.92. The Balaban J connectivity index is 1.10. The molecule has 3 saturated carbocycles. The van der Waals surface area contributed by atoms with Crippen LogP contribution < -0.4 is 0 Å². The van der Waals surface area contributed by atoms with Crippen LogP contribution in [0.25, 0.3) is 0 Å². The first-order valence-corrected chi connectivity index (χ1v) is 16.3. The number of hydrogen-bond donors (Lipinski definition) is 0. The molecule has 1 amide bonds. The Morgan fingerprint density at radius 1 is 1.12 bits per heavy atom. The molecular formula is C33H53N5O2. The predicted octanol–water partition coefficient (Wildman–Crippen LogP) is 5.73. The van der Waals surface area contributed by atoms with Crippen molar-refractivity contribution in [2.24, 2.45) is 40.4 Å². The summed E-state index contributed by atoms with van der Waals surface area (Å²) in [6, 6.07) is 0.449. The van der Waals surface area contributed by atoms with Crippen molar-refractivity contribution < 1.29 is 9.53 Å². The third-order valence-electron chi connectivity index (χ3n) is 12.4. The van der Waals surface area contributed by atoms with Crippen molar-refractivity contribution in [1.29, 1.82) is 0 Å². The molecule has 0 bridgehead atoms. The van der Waals surface area contributed by atoms with Crippen LogP contribution in [-0.4, -0.2) is 71.1 Å². The fourth-order valence-corrected chi connectivity index (χ4v) is 10.3. The van der Waals surface area contributed by atoms with E-state index in [-0.39, 0.29) is 0 Å². The monoisotopic (exact) mass is 551 g/mol. The minimum Gasteiger partial charge on any atom is -0.378 e. The largest absolute Gasteiger partial charge is 0.378 e. The molecule has 8 atom stereocenters. The van der Waals surface area contributed by atoms with E-state index in [1.165, 1.54) is 44.9 Å². The number of ether oxygens (including phenoxy) is 1. The first kappa shape index (κ1) is 28.4. The van der Waals surface area contributed by atoms with Gasteiger partial charge in [-0.3, -0.25) is 4.79 Å². The molecule has 7 heteroatoms. The number of morpholine rings is 1. The molecule has 2 heterocycles. The second kappa shape index (κ2) is 11.2. The molecule has 0 N–H and O–H groups in total. The Morgan fingerprint density at radius 2 is 1.93 bits per heavy atom. The molecule has 1 aromatic heterocycles. The van der Waals surface area contributed by atoms with Crippen molar-refractivity contribution in [2.75, 3.05) is 40.4 Å². The van der Waals surface area contributed by atoms with Gasteiger partial charge in [0.05, 0.1) is 31.1 Å². The summed E-state index contributed by atoms with van der Waals surface area (Å²) in [5, 5.41) is 9.00. The molecule has 1 aliphatic heterocycles. The molecular weight excluding hydrogens is 498 g/mol. The summed E-state index contributed by atoms with van der Waals surface area (Å²) < 4.78 is 7.61. The van der Waals surface area contributed by atoms with E-state index in [1.54, 1.807) is 5.57 Å². The van der Waals surface area contributed by atoms with Gasteiger partial charge in [0.2, 0.25) is 5.91 Å². The molecule has 0 radical (unpaired) electrons. The van der Waals surface area contributed by atoms with E-state index in [0.29, 0.717) is 48.3 Å². The average molecular weight is 552 g/mol. The molecule has 7 nitrogen and oxygen atoms in total. The molecule has 1 saturated heterocycles. The minimum atomic E-state index is 0.340. The fourth-order valence-electron chi connectivity index (χ4n) is 10.3. The molecule has 6 rings (SSSR count). The van der Waals surface area contributed by atoms with Crippen molar-refractivity contribution in [3.05, 3.63) is 23.5 Å². The lowest BCUT2D eigenvalue weighted by atomic mass is 9.47. The number of allylic oxidation sites excluding steroid dienone is 2. The quantitative estimate of drug-likeness (QED) is 0.405. The van der Waals surface area contributed by atoms with E-state index in [4.69, 9.17) is 4.74 Å². The first-order chi connectivity index (χ1) is 19.2. The van der Waals surface area contributed by atoms with Crippen molar-refractivity contribution in [1.82, 2.24) is 24.8 Å². The van der Waals surface area contributed by atoms with Crippen molar-refractivity contribution in [3.8, 4) is 0 Å². The lowest BCUT2D eigenvalue weighted by molar-refractivity contribution is -0.135. The van der Waals surface area contributed by atoms with Crippen LogP contribution in [0, 0.1) is 40.4 Å². The smallest absolute Gasteiger partial charge is 0.222 e. The Bertz CT molecular complexity index is 1090. The summed E-state index contributed by atoms with van der Waals surface area (Å²) in [5.41, 5.74) is 3.56. The maximum atomic E-state index is 12.8. The normalized spacial score (nSPS) is 38.4. The molecule has 0 unspecified atom stereocenters. The van der Waals surface area contributed by atoms with Crippen LogP contribution >= 0.6 is 0 Å². The highest BCUT2D eigenvalue weighted by Gasteiger charge is 2.59. The maximum Gasteiger partial charge on any atom is 0.222 e. The Morgan fingerprint density at radius 3 is 2.70 bits per heavy atom. The average Bonchev–Trinajstić information content (AvgIpc) is 3.55. The number of fused-ring (bicyclic) bond motifs is 5. The van der Waals surface area contributed by atoms with Gasteiger partial charge in [-0.2, -0.15) is 0 Å². The number of carbonyl (C=O) groups excluding carboxylic acids is 1. The third-order valence-corrected chi connectivity index (χ3v) is 12.4. The number of rotatable bonds is 7. The van der Waals surface area contributed by atoms with Gasteiger partial charge in [-0.15, -0.1) is 5.10 Å². The Hall–Kier alpha value is -1.73. The van der Waals surface area contributed by atoms with Crippen molar-refractivity contribution in [3.63, 3.8) is 0 Å². The third kappa shape index (κ3) is 5.08. The molecule has 0 aromatic carbocycles. The summed E-state index contributed by atoms with van der Waals surface area (Å²) in [6.07, 6.45) is 17.0. The zero-order valence-corrected chi connectivity index (χ0v) is 25.8. The van der Waals surface area contributed by atoms with Crippen molar-refractivity contribution >= 4 is 5.91 Å². The molecule has 5 aliphatic rings. The second-order valence-corrected chi connectivity index (χ2v) is 14.8. The summed E-state index contributed by atoms with van der Waals surface area (Å²) in [7, 11) is 4.18. The molecule has 0 spiro atoms. The summed E-state index contributed by atoms with van der Waals surface area (Å²) in [6.45, 7) is 11.5. The maximum absolute atomic E-state index is 12.8. The summed E-state index contributed by atoms with van der Waals surface area (Å²) in [4.78, 5) is 17.0. The van der Waals surface area contributed by atoms with Crippen LogP contribution in [0.5, 0.6) is 0 Å². The Labute approximate surface area is 242 Å². The van der Waals surface area contributed by atoms with Crippen LogP contribution in [0.4, 0.5) is 0 Å². The lowest BCUT2D eigenvalue weighted by Crippen LogP contribution is -2.50. The van der Waals surface area contributed by atoms with Crippen LogP contribution in [0.15, 0.2) is 17.8 Å². The predicted molar refractivity (Wildman–Crippen MR) is 157 cm³/mol. The highest BCUT2D eigenvalue weighted by Crippen LogP contribution is 2.67. The summed E-state index contributed by atoms with van der Waals surface area (Å²) in [5.74, 6) is 4.21. The van der Waals surface area contributed by atoms with Gasteiger partial charge in [0, 0.05) is 26.1 Å². The minimum absolute atomic E-state index is 0.340. The zero-order valence-electron chi connectivity index (χ0n) is 25.8. The zero-order chi connectivity index (χ0) is 28.1. The van der Waals surface area contributed by atoms with Gasteiger partial charge in [-0.1, -0.05) is 37.6 Å².